The lowest BCUT2D eigenvalue weighted by molar-refractivity contribution is -0.646. The van der Waals surface area contributed by atoms with Crippen LogP contribution in [-0.4, -0.2) is 182 Å². The monoisotopic (exact) mass is 1170 g/mol. The van der Waals surface area contributed by atoms with E-state index in [0.29, 0.717) is 6.54 Å². The van der Waals surface area contributed by atoms with Gasteiger partial charge < -0.3 is 75.0 Å². The van der Waals surface area contributed by atoms with Crippen LogP contribution >= 0.6 is 31.3 Å². The van der Waals surface area contributed by atoms with Gasteiger partial charge in [-0.3, -0.25) is 41.8 Å². The number of nitrogens with two attached hydrogens (primary N) is 1. The van der Waals surface area contributed by atoms with Crippen molar-refractivity contribution in [3.05, 3.63) is 51.8 Å². The van der Waals surface area contributed by atoms with E-state index in [4.69, 9.17) is 42.8 Å². The number of aliphatic hydroxyl groups is 4. The molecule has 6 aromatic heterocycles. The second-order valence-electron chi connectivity index (χ2n) is 17.2. The van der Waals surface area contributed by atoms with Gasteiger partial charge in [-0.2, -0.15) is 18.2 Å². The average molecular weight is 1170 g/mol. The van der Waals surface area contributed by atoms with Crippen molar-refractivity contribution in [2.45, 2.75) is 87.5 Å². The molecule has 422 valence electrons. The third-order valence-electron chi connectivity index (χ3n) is 12.0. The molecule has 77 heavy (non-hydrogen) atoms. The molecule has 9 heterocycles. The predicted molar refractivity (Wildman–Crippen MR) is 249 cm³/mol. The van der Waals surface area contributed by atoms with Crippen molar-refractivity contribution >= 4 is 76.5 Å². The zero-order valence-corrected chi connectivity index (χ0v) is 43.6. The molecular weight excluding hydrogens is 1120 g/mol. The Kier molecular flexibility index (Phi) is 15.9. The van der Waals surface area contributed by atoms with Gasteiger partial charge in [-0.05, 0) is 13.8 Å². The molecule has 6 aromatic rings. The smallest absolute Gasteiger partial charge is 0.387 e. The van der Waals surface area contributed by atoms with Crippen LogP contribution in [0.25, 0.3) is 33.5 Å². The van der Waals surface area contributed by atoms with E-state index in [9.17, 15) is 67.8 Å². The number of aliphatic hydroxyl groups excluding tert-OH is 4. The van der Waals surface area contributed by atoms with Crippen molar-refractivity contribution in [3.8, 4) is 0 Å². The number of aryl methyl sites for hydroxylation is 2. The summed E-state index contributed by atoms with van der Waals surface area (Å²) in [7, 11) is -20.9. The van der Waals surface area contributed by atoms with Crippen LogP contribution in [0.15, 0.2) is 34.9 Å². The Bertz CT molecular complexity index is 3510. The molecule has 3 fully saturated rings. The molecule has 3 aliphatic heterocycles. The van der Waals surface area contributed by atoms with Gasteiger partial charge in [0.25, 0.3) is 16.7 Å². The highest BCUT2D eigenvalue weighted by atomic mass is 31.3. The highest BCUT2D eigenvalue weighted by molar-refractivity contribution is 7.66. The summed E-state index contributed by atoms with van der Waals surface area (Å²) in [6.07, 6.45) is -15.2. The van der Waals surface area contributed by atoms with Gasteiger partial charge in [0.15, 0.2) is 40.6 Å². The number of phosphoric ester groups is 3. The molecule has 0 saturated carbocycles. The SMILES string of the molecule is CCNc1ncnc2c1ncn2[C@@H]1O[C@H](COP(=O)(O)OP(=O)(O)OP(=O)(O)OC[C@H]2O[C@@H](n3c[n+](C)c4c(=O)[nH]c(N)nc43)C(O)C2O)C(OP(=O)(O)OC[C@H]2O[C@@H](n3cnc4c(=O)[nH]c(C)nc43)[C@@H](O)C2O)[C@@H]1OC. The number of anilines is 2. The number of nitrogens with one attached hydrogen (secondary N) is 3. The zero-order valence-electron chi connectivity index (χ0n) is 40.0. The summed E-state index contributed by atoms with van der Waals surface area (Å²) in [6, 6.07) is 0. The maximum atomic E-state index is 13.8. The Hall–Kier alpha value is -4.95. The third kappa shape index (κ3) is 11.6. The Morgan fingerprint density at radius 1 is 0.688 bits per heavy atom. The fourth-order valence-electron chi connectivity index (χ4n) is 8.66. The van der Waals surface area contributed by atoms with Crippen LogP contribution in [0.3, 0.4) is 0 Å². The fraction of sp³-hybridized carbons (Fsp3) is 0.571. The first-order chi connectivity index (χ1) is 36.2. The Morgan fingerprint density at radius 3 is 1.86 bits per heavy atom. The van der Waals surface area contributed by atoms with Crippen molar-refractivity contribution in [1.29, 1.82) is 0 Å². The van der Waals surface area contributed by atoms with Gasteiger partial charge in [0, 0.05) is 13.7 Å². The summed E-state index contributed by atoms with van der Waals surface area (Å²) in [5, 5.41) is 46.3. The molecule has 3 aliphatic rings. The van der Waals surface area contributed by atoms with Crippen LogP contribution in [-0.2, 0) is 71.0 Å². The van der Waals surface area contributed by atoms with Crippen molar-refractivity contribution in [2.75, 3.05) is 44.5 Å². The van der Waals surface area contributed by atoms with Crippen molar-refractivity contribution in [3.63, 3.8) is 0 Å². The first-order valence-electron chi connectivity index (χ1n) is 22.4. The minimum atomic E-state index is -6.20. The number of nitrogens with zero attached hydrogens (tertiary/aromatic N) is 10. The van der Waals surface area contributed by atoms with E-state index in [1.54, 1.807) is 6.92 Å². The highest BCUT2D eigenvalue weighted by Gasteiger charge is 2.54. The summed E-state index contributed by atoms with van der Waals surface area (Å²) in [4.78, 5) is 97.1. The van der Waals surface area contributed by atoms with E-state index in [1.165, 1.54) is 42.1 Å². The standard InChI is InChI=1S/C35H48N14O24P4/c1-5-37-26-17-27(39-9-38-26)47(10-40-17)34-25(64-4)24(71-74(56,57)65-6-14-20(50)22(52)32(68-14)48-11-41-18-28(48)42-13(2)43-30(18)54)16(70-34)8-67-76(60,61)73-77(62,63)72-75(58,59)66-7-15-21(51)23(53)33(69-15)49-12-46(3)19-29(49)44-35(36)45-31(19)55/h9-12,14-16,20-25,32-34,50-53H,5-8H2,1-4H3,(H8-,36,37,38,39,42,43,44,45,54,55,56,57,58,59,60,61,62,63)/p+1/t14-,15-,16-,20?,21?,22+,23?,24?,25+,32-,33-,34-/m1/s1. The first-order valence-corrected chi connectivity index (χ1v) is 28.4. The van der Waals surface area contributed by atoms with E-state index in [1.807, 2.05) is 0 Å². The number of phosphoric acid groups is 4. The fourth-order valence-corrected chi connectivity index (χ4v) is 13.1. The predicted octanol–water partition coefficient (Wildman–Crippen LogP) is -3.13. The Morgan fingerprint density at radius 2 is 1.25 bits per heavy atom. The molecule has 38 nitrogen and oxygen atoms in total. The minimum absolute atomic E-state index is 0.0192. The van der Waals surface area contributed by atoms with E-state index in [2.05, 4.69) is 53.8 Å². The number of hydrogen-bond donors (Lipinski definition) is 12. The minimum Gasteiger partial charge on any atom is -0.387 e. The summed E-state index contributed by atoms with van der Waals surface area (Å²) in [5.41, 5.74) is 4.46. The number of imidazole rings is 3. The summed E-state index contributed by atoms with van der Waals surface area (Å²) in [5.74, 6) is 0.171. The second-order valence-corrected chi connectivity index (χ2v) is 23.2. The highest BCUT2D eigenvalue weighted by Crippen LogP contribution is 2.68. The van der Waals surface area contributed by atoms with E-state index >= 15 is 0 Å². The topological polar surface area (TPSA) is 522 Å². The molecule has 0 aromatic carbocycles. The lowest BCUT2D eigenvalue weighted by Gasteiger charge is -2.26. The average Bonchev–Trinajstić information content (AvgIpc) is 4.20. The number of aromatic amines is 2. The molecule has 0 bridgehead atoms. The number of aromatic nitrogens is 12. The molecule has 0 aliphatic carbocycles. The second kappa shape index (κ2) is 21.6. The van der Waals surface area contributed by atoms with Crippen LogP contribution in [0, 0.1) is 6.92 Å². The molecule has 3 saturated heterocycles. The van der Waals surface area contributed by atoms with Crippen LogP contribution in [0.2, 0.25) is 0 Å². The van der Waals surface area contributed by atoms with Crippen molar-refractivity contribution < 1.29 is 108 Å². The van der Waals surface area contributed by atoms with E-state index < -0.39 is 136 Å². The lowest BCUT2D eigenvalue weighted by Crippen LogP contribution is -2.38. The van der Waals surface area contributed by atoms with Crippen molar-refractivity contribution in [1.82, 2.24) is 53.6 Å². The van der Waals surface area contributed by atoms with Gasteiger partial charge in [0.05, 0.1) is 39.5 Å². The number of hydrogen-bond acceptors (Lipinski definition) is 28. The molecule has 0 radical (unpaired) electrons. The van der Waals surface area contributed by atoms with Crippen LogP contribution < -0.4 is 26.7 Å². The molecule has 9 rings (SSSR count). The quantitative estimate of drug-likeness (QED) is 0.0250. The van der Waals surface area contributed by atoms with Gasteiger partial charge >= 0.3 is 36.9 Å². The normalized spacial score (nSPS) is 30.0. The van der Waals surface area contributed by atoms with E-state index in [-0.39, 0.29) is 51.1 Å². The van der Waals surface area contributed by atoms with Crippen LogP contribution in [0.5, 0.6) is 0 Å². The molecule has 42 heteroatoms. The molecular formula is C35H49N14O24P4+. The number of methoxy groups -OCH3 is 1. The molecule has 16 atom stereocenters. The summed E-state index contributed by atoms with van der Waals surface area (Å²) in [6.45, 7) is 0.349. The number of H-pyrrole nitrogens is 2. The first kappa shape index (κ1) is 56.8. The van der Waals surface area contributed by atoms with E-state index in [0.717, 1.165) is 22.6 Å². The van der Waals surface area contributed by atoms with Crippen LogP contribution in [0.4, 0.5) is 11.8 Å². The number of nitrogen functional groups attached to an aromatic ring is 1. The lowest BCUT2D eigenvalue weighted by atomic mass is 10.1. The largest absolute Gasteiger partial charge is 0.490 e. The third-order valence-corrected chi connectivity index (χ3v) is 17.2. The molecule has 0 spiro atoms. The number of fused-ring (bicyclic) bond motifs is 3. The molecule has 13 N–H and O–H groups in total. The van der Waals surface area contributed by atoms with Gasteiger partial charge in [-0.15, -0.1) is 0 Å². The zero-order chi connectivity index (χ0) is 55.7. The van der Waals surface area contributed by atoms with Gasteiger partial charge in [-0.25, -0.2) is 47.7 Å². The number of ether oxygens (including phenoxy) is 4. The summed E-state index contributed by atoms with van der Waals surface area (Å²) < 4.78 is 110. The Labute approximate surface area is 428 Å². The maximum Gasteiger partial charge on any atom is 0.490 e. The van der Waals surface area contributed by atoms with Gasteiger partial charge in [0.1, 0.15) is 67.1 Å². The maximum absolute atomic E-state index is 13.8. The van der Waals surface area contributed by atoms with Gasteiger partial charge in [-0.1, -0.05) is 0 Å². The van der Waals surface area contributed by atoms with Crippen LogP contribution in [0.1, 0.15) is 31.4 Å². The molecule has 0 amide bonds. The summed E-state index contributed by atoms with van der Waals surface area (Å²) >= 11 is 0. The Balaban J connectivity index is 0.873. The van der Waals surface area contributed by atoms with Crippen molar-refractivity contribution in [2.24, 2.45) is 7.05 Å². The van der Waals surface area contributed by atoms with Gasteiger partial charge in [0.2, 0.25) is 18.5 Å². The number of rotatable bonds is 21. The molecule has 8 unspecified atom stereocenters.